The molecule has 0 bridgehead atoms. The highest BCUT2D eigenvalue weighted by Crippen LogP contribution is 2.35. The molecule has 0 amide bonds. The van der Waals surface area contributed by atoms with Crippen LogP contribution in [0.1, 0.15) is 11.3 Å². The Balaban J connectivity index is 1.33. The third kappa shape index (κ3) is 2.87. The fourth-order valence-corrected chi connectivity index (χ4v) is 5.74. The number of aryl methyl sites for hydroxylation is 1. The fraction of sp³-hybridized carbons (Fsp3) is 0.348. The molecule has 1 saturated heterocycles. The maximum absolute atomic E-state index is 13.8. The standard InChI is InChI=1S/C23H23FN4OS/c1-26-20-12-15(24)2-4-17(20)18-6-7-28(14-21(18)26)16-3-5-22-19(13-16)25-23(30-22)27-8-10-29-11-9-27/h2-5,12-13H,6-11,14H2,1H3. The van der Waals surface area contributed by atoms with Gasteiger partial charge in [0.05, 0.1) is 35.5 Å². The van der Waals surface area contributed by atoms with Crippen LogP contribution >= 0.6 is 11.3 Å². The van der Waals surface area contributed by atoms with E-state index in [2.05, 4.69) is 32.6 Å². The summed E-state index contributed by atoms with van der Waals surface area (Å²) in [6.45, 7) is 5.13. The molecule has 2 aromatic carbocycles. The average molecular weight is 423 g/mol. The summed E-state index contributed by atoms with van der Waals surface area (Å²) in [7, 11) is 2.04. The number of anilines is 2. The predicted octanol–water partition coefficient (Wildman–Crippen LogP) is 4.33. The first kappa shape index (κ1) is 18.2. The van der Waals surface area contributed by atoms with Gasteiger partial charge in [0.15, 0.2) is 5.13 Å². The largest absolute Gasteiger partial charge is 0.378 e. The number of rotatable bonds is 2. The van der Waals surface area contributed by atoms with Crippen molar-refractivity contribution in [3.63, 3.8) is 0 Å². The quantitative estimate of drug-likeness (QED) is 0.482. The van der Waals surface area contributed by atoms with Crippen LogP contribution in [0.2, 0.25) is 0 Å². The minimum Gasteiger partial charge on any atom is -0.378 e. The third-order valence-corrected chi connectivity index (χ3v) is 7.48. The molecule has 0 unspecified atom stereocenters. The van der Waals surface area contributed by atoms with Crippen molar-refractivity contribution in [2.24, 2.45) is 7.05 Å². The Hall–Kier alpha value is -2.64. The molecule has 30 heavy (non-hydrogen) atoms. The second-order valence-electron chi connectivity index (χ2n) is 8.07. The highest BCUT2D eigenvalue weighted by Gasteiger charge is 2.24. The van der Waals surface area contributed by atoms with Gasteiger partial charge < -0.3 is 19.1 Å². The van der Waals surface area contributed by atoms with Gasteiger partial charge in [-0.25, -0.2) is 9.37 Å². The Morgan fingerprint density at radius 1 is 1.03 bits per heavy atom. The molecule has 0 aliphatic carbocycles. The summed E-state index contributed by atoms with van der Waals surface area (Å²) in [5.41, 5.74) is 5.86. The molecule has 0 spiro atoms. The molecular weight excluding hydrogens is 399 g/mol. The van der Waals surface area contributed by atoms with Gasteiger partial charge in [-0.2, -0.15) is 0 Å². The van der Waals surface area contributed by atoms with Gasteiger partial charge in [0.2, 0.25) is 0 Å². The summed E-state index contributed by atoms with van der Waals surface area (Å²) in [4.78, 5) is 9.64. The van der Waals surface area contributed by atoms with Gasteiger partial charge in [-0.15, -0.1) is 0 Å². The van der Waals surface area contributed by atoms with Gasteiger partial charge >= 0.3 is 0 Å². The molecule has 154 valence electrons. The van der Waals surface area contributed by atoms with Gasteiger partial charge in [0.1, 0.15) is 5.82 Å². The van der Waals surface area contributed by atoms with Gasteiger partial charge in [-0.1, -0.05) is 11.3 Å². The monoisotopic (exact) mass is 422 g/mol. The number of ether oxygens (including phenoxy) is 1. The van der Waals surface area contributed by atoms with E-state index in [1.165, 1.54) is 27.0 Å². The number of halogens is 1. The van der Waals surface area contributed by atoms with E-state index in [1.54, 1.807) is 23.5 Å². The molecule has 1 fully saturated rings. The van der Waals surface area contributed by atoms with Crippen LogP contribution in [0.15, 0.2) is 36.4 Å². The topological polar surface area (TPSA) is 33.5 Å². The molecule has 2 aromatic heterocycles. The average Bonchev–Trinajstić information content (AvgIpc) is 3.33. The first-order valence-electron chi connectivity index (χ1n) is 10.4. The van der Waals surface area contributed by atoms with E-state index in [1.807, 2.05) is 13.1 Å². The maximum atomic E-state index is 13.8. The second kappa shape index (κ2) is 6.96. The van der Waals surface area contributed by atoms with Crippen molar-refractivity contribution >= 4 is 43.3 Å². The lowest BCUT2D eigenvalue weighted by Crippen LogP contribution is -2.36. The van der Waals surface area contributed by atoms with Crippen molar-refractivity contribution in [2.45, 2.75) is 13.0 Å². The van der Waals surface area contributed by atoms with Crippen molar-refractivity contribution in [1.29, 1.82) is 0 Å². The van der Waals surface area contributed by atoms with Crippen molar-refractivity contribution in [3.8, 4) is 0 Å². The smallest absolute Gasteiger partial charge is 0.186 e. The summed E-state index contributed by atoms with van der Waals surface area (Å²) in [6, 6.07) is 11.7. The summed E-state index contributed by atoms with van der Waals surface area (Å²) in [5, 5.41) is 2.26. The molecule has 0 N–H and O–H groups in total. The Labute approximate surface area is 178 Å². The Morgan fingerprint density at radius 2 is 1.90 bits per heavy atom. The minimum absolute atomic E-state index is 0.178. The third-order valence-electron chi connectivity index (χ3n) is 6.38. The van der Waals surface area contributed by atoms with E-state index in [-0.39, 0.29) is 5.82 Å². The van der Waals surface area contributed by atoms with Crippen LogP contribution < -0.4 is 9.80 Å². The zero-order chi connectivity index (χ0) is 20.2. The Bertz CT molecular complexity index is 1260. The zero-order valence-corrected chi connectivity index (χ0v) is 17.7. The first-order chi connectivity index (χ1) is 14.7. The van der Waals surface area contributed by atoms with Crippen LogP contribution in [0.4, 0.5) is 15.2 Å². The molecule has 4 aromatic rings. The van der Waals surface area contributed by atoms with Crippen LogP contribution in [0.5, 0.6) is 0 Å². The molecule has 7 heteroatoms. The van der Waals surface area contributed by atoms with Crippen LogP contribution in [0, 0.1) is 5.82 Å². The molecule has 0 radical (unpaired) electrons. The minimum atomic E-state index is -0.178. The lowest BCUT2D eigenvalue weighted by atomic mass is 10.0. The first-order valence-corrected chi connectivity index (χ1v) is 11.2. The normalized spacial score (nSPS) is 17.1. The van der Waals surface area contributed by atoms with E-state index in [9.17, 15) is 4.39 Å². The number of nitrogens with zero attached hydrogens (tertiary/aromatic N) is 4. The lowest BCUT2D eigenvalue weighted by Gasteiger charge is -2.30. The Kier molecular flexibility index (Phi) is 4.21. The highest BCUT2D eigenvalue weighted by molar-refractivity contribution is 7.22. The molecule has 5 nitrogen and oxygen atoms in total. The van der Waals surface area contributed by atoms with Crippen LogP contribution in [0.3, 0.4) is 0 Å². The highest BCUT2D eigenvalue weighted by atomic mass is 32.1. The van der Waals surface area contributed by atoms with Crippen molar-refractivity contribution < 1.29 is 9.13 Å². The number of hydrogen-bond donors (Lipinski definition) is 0. The number of thiazole rings is 1. The number of benzene rings is 2. The predicted molar refractivity (Wildman–Crippen MR) is 120 cm³/mol. The lowest BCUT2D eigenvalue weighted by molar-refractivity contribution is 0.122. The zero-order valence-electron chi connectivity index (χ0n) is 16.9. The molecule has 6 rings (SSSR count). The summed E-state index contributed by atoms with van der Waals surface area (Å²) in [5.74, 6) is -0.178. The van der Waals surface area contributed by atoms with Crippen molar-refractivity contribution in [3.05, 3.63) is 53.5 Å². The van der Waals surface area contributed by atoms with Crippen molar-refractivity contribution in [1.82, 2.24) is 9.55 Å². The molecule has 2 aliphatic rings. The van der Waals surface area contributed by atoms with Gasteiger partial charge in [0, 0.05) is 43.4 Å². The maximum Gasteiger partial charge on any atom is 0.186 e. The van der Waals surface area contributed by atoms with Crippen LogP contribution in [-0.4, -0.2) is 42.4 Å². The van der Waals surface area contributed by atoms with E-state index >= 15 is 0 Å². The van der Waals surface area contributed by atoms with Gasteiger partial charge in [0.25, 0.3) is 0 Å². The summed E-state index contributed by atoms with van der Waals surface area (Å²) < 4.78 is 22.6. The van der Waals surface area contributed by atoms with Gasteiger partial charge in [-0.05, 0) is 48.4 Å². The number of aromatic nitrogens is 2. The molecule has 0 atom stereocenters. The van der Waals surface area contributed by atoms with E-state index in [0.717, 1.165) is 62.0 Å². The van der Waals surface area contributed by atoms with Crippen LogP contribution in [0.25, 0.3) is 21.1 Å². The van der Waals surface area contributed by atoms with Gasteiger partial charge in [-0.3, -0.25) is 0 Å². The number of fused-ring (bicyclic) bond motifs is 4. The van der Waals surface area contributed by atoms with E-state index in [4.69, 9.17) is 9.72 Å². The van der Waals surface area contributed by atoms with E-state index in [0.29, 0.717) is 0 Å². The molecular formula is C23H23FN4OS. The SMILES string of the molecule is Cn1c2c(c3ccc(F)cc31)CCN(c1ccc3sc(N4CCOCC4)nc3c1)C2. The number of morpholine rings is 1. The van der Waals surface area contributed by atoms with Crippen molar-refractivity contribution in [2.75, 3.05) is 42.6 Å². The molecule has 4 heterocycles. The summed E-state index contributed by atoms with van der Waals surface area (Å²) in [6.07, 6.45) is 0.965. The fourth-order valence-electron chi connectivity index (χ4n) is 4.74. The van der Waals surface area contributed by atoms with Crippen LogP contribution in [-0.2, 0) is 24.8 Å². The molecule has 0 saturated carbocycles. The molecule has 2 aliphatic heterocycles. The number of hydrogen-bond acceptors (Lipinski definition) is 5. The summed E-state index contributed by atoms with van der Waals surface area (Å²) >= 11 is 1.76. The second-order valence-corrected chi connectivity index (χ2v) is 9.07. The Morgan fingerprint density at radius 3 is 2.77 bits per heavy atom. The van der Waals surface area contributed by atoms with E-state index < -0.39 is 0 Å².